The molecule has 0 aliphatic heterocycles. The van der Waals surface area contributed by atoms with Crippen LogP contribution in [0.1, 0.15) is 22.3 Å². The molecule has 83 heavy (non-hydrogen) atoms. The Labute approximate surface area is 476 Å². The average molecular weight is 1060 g/mol. The average Bonchev–Trinajstić information content (AvgIpc) is 2.85. The zero-order valence-electron chi connectivity index (χ0n) is 44.2. The van der Waals surface area contributed by atoms with Crippen LogP contribution in [0.15, 0.2) is 249 Å². The van der Waals surface area contributed by atoms with Crippen molar-refractivity contribution in [2.75, 3.05) is 0 Å². The summed E-state index contributed by atoms with van der Waals surface area (Å²) >= 11 is 0. The van der Waals surface area contributed by atoms with Gasteiger partial charge in [0, 0.05) is 71.6 Å². The molecular weight excluding hydrogens is 1010 g/mol. The van der Waals surface area contributed by atoms with Crippen molar-refractivity contribution in [3.8, 4) is 97.5 Å². The van der Waals surface area contributed by atoms with Gasteiger partial charge >= 0.3 is 0 Å². The van der Waals surface area contributed by atoms with Crippen LogP contribution in [0.2, 0.25) is 0 Å². The maximum absolute atomic E-state index is 10.8. The lowest BCUT2D eigenvalue weighted by Gasteiger charge is -2.13. The van der Waals surface area contributed by atoms with E-state index in [-0.39, 0.29) is 0 Å². The number of hydrogen-bond donors (Lipinski definition) is 0. The summed E-state index contributed by atoms with van der Waals surface area (Å²) in [5.41, 5.74) is 18.2. The Morgan fingerprint density at radius 3 is 1.04 bits per heavy atom. The van der Waals surface area contributed by atoms with Crippen LogP contribution in [0.4, 0.5) is 0 Å². The summed E-state index contributed by atoms with van der Waals surface area (Å²) in [6.45, 7) is 0. The van der Waals surface area contributed by atoms with Gasteiger partial charge in [0.25, 0.3) is 0 Å². The number of nitriles is 4. The number of benzene rings is 11. The summed E-state index contributed by atoms with van der Waals surface area (Å²) in [6.07, 6.45) is 0. The third-order valence-corrected chi connectivity index (χ3v) is 16.0. The van der Waals surface area contributed by atoms with E-state index in [0.717, 1.165) is 88.8 Å². The highest BCUT2D eigenvalue weighted by Crippen LogP contribution is 2.41. The quantitative estimate of drug-likeness (QED) is 0.149. The SMILES string of the molecule is N#Cc1ccc(-c2cc(-c3ccc(-c4c(C#N)cc(-c5ccc(-n6c7ccc(-n8c9ccccc9c9ccccc98)cc7c7cc(-n8c9ccccc9c9ccccc98)ccc76)cc5)cc4C#N)cc3)nc(-c3ccc(C#N)cc3)n2)cc1. The smallest absolute Gasteiger partial charge is 0.160 e. The molecule has 0 aliphatic rings. The van der Waals surface area contributed by atoms with Gasteiger partial charge in [-0.05, 0) is 144 Å². The fraction of sp³-hybridized carbons (Fsp3) is 0. The van der Waals surface area contributed by atoms with E-state index in [2.05, 4.69) is 196 Å². The molecule has 0 saturated carbocycles. The van der Waals surface area contributed by atoms with Crippen molar-refractivity contribution >= 4 is 65.4 Å². The van der Waals surface area contributed by atoms with Crippen molar-refractivity contribution in [2.24, 2.45) is 0 Å². The maximum atomic E-state index is 10.8. The lowest BCUT2D eigenvalue weighted by molar-refractivity contribution is 1.16. The molecule has 0 radical (unpaired) electrons. The predicted molar refractivity (Wildman–Crippen MR) is 331 cm³/mol. The Balaban J connectivity index is 0.813. The monoisotopic (exact) mass is 1060 g/mol. The molecule has 382 valence electrons. The Kier molecular flexibility index (Phi) is 11.2. The lowest BCUT2D eigenvalue weighted by Crippen LogP contribution is -1.97. The van der Waals surface area contributed by atoms with Crippen LogP contribution in [0, 0.1) is 45.3 Å². The Bertz CT molecular complexity index is 4950. The van der Waals surface area contributed by atoms with Crippen molar-refractivity contribution < 1.29 is 0 Å². The molecule has 0 bridgehead atoms. The fourth-order valence-corrected chi connectivity index (χ4v) is 12.1. The molecule has 11 aromatic carbocycles. The maximum Gasteiger partial charge on any atom is 0.160 e. The molecule has 9 nitrogen and oxygen atoms in total. The first-order valence-electron chi connectivity index (χ1n) is 27.1. The standard InChI is InChI=1S/C74H41N9/c75-42-46-17-21-49(22-18-46)65-41-66(80-74(79-65)52-23-19-47(43-76)20-24-52)50-25-27-51(28-26-50)73-54(44-77)37-53(38-55(73)45-78)48-29-31-56(32-30-48)81-71-35-33-57(82-67-13-5-1-9-59(67)60-10-2-6-14-68(60)82)39-63(71)64-40-58(34-36-72(64)81)83-69-15-7-3-11-61(69)62-12-4-8-16-70(62)83/h1-41H. The van der Waals surface area contributed by atoms with Gasteiger partial charge < -0.3 is 13.7 Å². The number of rotatable bonds is 8. The van der Waals surface area contributed by atoms with Gasteiger partial charge in [-0.2, -0.15) is 21.0 Å². The van der Waals surface area contributed by atoms with Crippen LogP contribution in [0.25, 0.3) is 139 Å². The number of para-hydroxylation sites is 4. The van der Waals surface area contributed by atoms with Crippen LogP contribution in [-0.4, -0.2) is 23.7 Å². The van der Waals surface area contributed by atoms with Gasteiger partial charge in [0.15, 0.2) is 5.82 Å². The third kappa shape index (κ3) is 7.90. The first-order chi connectivity index (χ1) is 40.9. The molecule has 0 atom stereocenters. The van der Waals surface area contributed by atoms with Crippen LogP contribution in [-0.2, 0) is 0 Å². The highest BCUT2D eigenvalue weighted by atomic mass is 15.0. The second-order valence-corrected chi connectivity index (χ2v) is 20.6. The van der Waals surface area contributed by atoms with Crippen molar-refractivity contribution in [3.05, 3.63) is 271 Å². The summed E-state index contributed by atoms with van der Waals surface area (Å²) in [6, 6.07) is 93.2. The normalized spacial score (nSPS) is 11.3. The van der Waals surface area contributed by atoms with E-state index in [1.807, 2.05) is 66.7 Å². The van der Waals surface area contributed by atoms with E-state index >= 15 is 0 Å². The molecule has 0 spiro atoms. The van der Waals surface area contributed by atoms with Crippen LogP contribution >= 0.6 is 0 Å². The fourth-order valence-electron chi connectivity index (χ4n) is 12.1. The zero-order valence-corrected chi connectivity index (χ0v) is 44.2. The number of nitrogens with zero attached hydrogens (tertiary/aromatic N) is 9. The van der Waals surface area contributed by atoms with Gasteiger partial charge in [-0.1, -0.05) is 121 Å². The van der Waals surface area contributed by atoms with E-state index < -0.39 is 0 Å². The van der Waals surface area contributed by atoms with Gasteiger partial charge in [-0.3, -0.25) is 0 Å². The van der Waals surface area contributed by atoms with Gasteiger partial charge in [0.05, 0.1) is 91.0 Å². The number of fused-ring (bicyclic) bond motifs is 9. The summed E-state index contributed by atoms with van der Waals surface area (Å²) < 4.78 is 7.07. The first kappa shape index (κ1) is 48.0. The molecule has 0 aliphatic carbocycles. The second-order valence-electron chi connectivity index (χ2n) is 20.6. The van der Waals surface area contributed by atoms with Gasteiger partial charge in [-0.25, -0.2) is 9.97 Å². The molecule has 15 rings (SSSR count). The highest BCUT2D eigenvalue weighted by molar-refractivity contribution is 6.14. The summed E-state index contributed by atoms with van der Waals surface area (Å²) in [4.78, 5) is 9.86. The molecule has 4 heterocycles. The van der Waals surface area contributed by atoms with Crippen molar-refractivity contribution in [1.82, 2.24) is 23.7 Å². The van der Waals surface area contributed by atoms with Crippen LogP contribution in [0.5, 0.6) is 0 Å². The Morgan fingerprint density at radius 2 is 0.614 bits per heavy atom. The molecule has 0 unspecified atom stereocenters. The largest absolute Gasteiger partial charge is 0.309 e. The van der Waals surface area contributed by atoms with E-state index in [4.69, 9.17) is 9.97 Å². The second kappa shape index (κ2) is 19.3. The molecule has 0 N–H and O–H groups in total. The summed E-state index contributed by atoms with van der Waals surface area (Å²) in [5.74, 6) is 0.475. The van der Waals surface area contributed by atoms with Crippen LogP contribution < -0.4 is 0 Å². The zero-order chi connectivity index (χ0) is 55.7. The van der Waals surface area contributed by atoms with Crippen molar-refractivity contribution in [2.45, 2.75) is 0 Å². The van der Waals surface area contributed by atoms with Crippen molar-refractivity contribution in [3.63, 3.8) is 0 Å². The number of aromatic nitrogens is 5. The molecule has 15 aromatic rings. The minimum absolute atomic E-state index is 0.379. The van der Waals surface area contributed by atoms with Gasteiger partial charge in [0.2, 0.25) is 0 Å². The van der Waals surface area contributed by atoms with Gasteiger partial charge in [-0.15, -0.1) is 0 Å². The Hall–Kier alpha value is -12.1. The molecule has 0 saturated heterocycles. The van der Waals surface area contributed by atoms with Crippen LogP contribution in [0.3, 0.4) is 0 Å². The van der Waals surface area contributed by atoms with E-state index in [1.54, 1.807) is 24.3 Å². The topological polar surface area (TPSA) is 136 Å². The van der Waals surface area contributed by atoms with E-state index in [1.165, 1.54) is 21.5 Å². The van der Waals surface area contributed by atoms with E-state index in [0.29, 0.717) is 50.6 Å². The molecule has 0 amide bonds. The Morgan fingerprint density at radius 1 is 0.265 bits per heavy atom. The summed E-state index contributed by atoms with van der Waals surface area (Å²) in [5, 5.41) is 47.5. The minimum atomic E-state index is 0.379. The highest BCUT2D eigenvalue weighted by Gasteiger charge is 2.21. The van der Waals surface area contributed by atoms with E-state index in [9.17, 15) is 21.0 Å². The minimum Gasteiger partial charge on any atom is -0.309 e. The summed E-state index contributed by atoms with van der Waals surface area (Å²) in [7, 11) is 0. The van der Waals surface area contributed by atoms with Gasteiger partial charge in [0.1, 0.15) is 0 Å². The molecule has 4 aromatic heterocycles. The molecule has 0 fully saturated rings. The first-order valence-corrected chi connectivity index (χ1v) is 27.1. The predicted octanol–water partition coefficient (Wildman–Crippen LogP) is 17.6. The lowest BCUT2D eigenvalue weighted by atomic mass is 9.90. The molecular formula is C74H41N9. The van der Waals surface area contributed by atoms with Crippen molar-refractivity contribution in [1.29, 1.82) is 21.0 Å². The third-order valence-electron chi connectivity index (χ3n) is 16.0. The molecule has 9 heteroatoms. The number of hydrogen-bond acceptors (Lipinski definition) is 6.